The summed E-state index contributed by atoms with van der Waals surface area (Å²) in [6.07, 6.45) is 4.64. The number of nitrogens with two attached hydrogens (primary N) is 1. The Morgan fingerprint density at radius 1 is 1.38 bits per heavy atom. The molecule has 2 aliphatic rings. The zero-order valence-electron chi connectivity index (χ0n) is 14.1. The van der Waals surface area contributed by atoms with Crippen molar-refractivity contribution in [2.45, 2.75) is 44.6 Å². The first-order valence-corrected chi connectivity index (χ1v) is 9.00. The second-order valence-electron chi connectivity index (χ2n) is 6.95. The second kappa shape index (κ2) is 7.19. The molecule has 0 bridgehead atoms. The summed E-state index contributed by atoms with van der Waals surface area (Å²) >= 11 is 6.24. The monoisotopic (exact) mass is 352 g/mol. The summed E-state index contributed by atoms with van der Waals surface area (Å²) in [5, 5.41) is 3.57. The third-order valence-electron chi connectivity index (χ3n) is 4.94. The average Bonchev–Trinajstić information content (AvgIpc) is 2.54. The first kappa shape index (κ1) is 17.4. The molecule has 1 aromatic carbocycles. The maximum Gasteiger partial charge on any atom is 0.224 e. The molecule has 1 heterocycles. The van der Waals surface area contributed by atoms with Crippen LogP contribution in [0.15, 0.2) is 12.1 Å². The van der Waals surface area contributed by atoms with E-state index in [9.17, 15) is 4.79 Å². The van der Waals surface area contributed by atoms with Gasteiger partial charge in [-0.2, -0.15) is 0 Å². The summed E-state index contributed by atoms with van der Waals surface area (Å²) in [6.45, 7) is 3.58. The second-order valence-corrected chi connectivity index (χ2v) is 7.35. The van der Waals surface area contributed by atoms with Gasteiger partial charge in [-0.1, -0.05) is 24.4 Å². The van der Waals surface area contributed by atoms with Gasteiger partial charge >= 0.3 is 0 Å². The molecule has 1 fully saturated rings. The van der Waals surface area contributed by atoms with Gasteiger partial charge in [0.1, 0.15) is 13.2 Å². The summed E-state index contributed by atoms with van der Waals surface area (Å²) in [6, 6.07) is 3.80. The smallest absolute Gasteiger partial charge is 0.224 e. The zero-order valence-corrected chi connectivity index (χ0v) is 14.8. The number of carbonyl (C=O) groups excluding carboxylic acids is 1. The Labute approximate surface area is 147 Å². The van der Waals surface area contributed by atoms with Crippen molar-refractivity contribution < 1.29 is 14.3 Å². The zero-order chi connectivity index (χ0) is 17.2. The number of amides is 1. The fourth-order valence-electron chi connectivity index (χ4n) is 3.55. The van der Waals surface area contributed by atoms with Crippen molar-refractivity contribution >= 4 is 17.5 Å². The van der Waals surface area contributed by atoms with Crippen LogP contribution >= 0.6 is 11.6 Å². The molecule has 1 aromatic rings. The van der Waals surface area contributed by atoms with E-state index in [4.69, 9.17) is 26.8 Å². The quantitative estimate of drug-likeness (QED) is 0.873. The van der Waals surface area contributed by atoms with Crippen LogP contribution in [0.3, 0.4) is 0 Å². The van der Waals surface area contributed by atoms with E-state index in [1.807, 2.05) is 19.1 Å². The highest BCUT2D eigenvalue weighted by Gasteiger charge is 2.37. The lowest BCUT2D eigenvalue weighted by molar-refractivity contribution is -0.128. The molecule has 3 rings (SSSR count). The summed E-state index contributed by atoms with van der Waals surface area (Å²) in [5.41, 5.74) is 6.91. The lowest BCUT2D eigenvalue weighted by Crippen LogP contribution is -2.53. The largest absolute Gasteiger partial charge is 0.486 e. The first-order chi connectivity index (χ1) is 11.5. The molecule has 1 amide bonds. The van der Waals surface area contributed by atoms with Crippen molar-refractivity contribution in [3.8, 4) is 11.5 Å². The highest BCUT2D eigenvalue weighted by atomic mass is 35.5. The van der Waals surface area contributed by atoms with Crippen molar-refractivity contribution in [2.75, 3.05) is 19.8 Å². The number of hydrogen-bond donors (Lipinski definition) is 2. The highest BCUT2D eigenvalue weighted by molar-refractivity contribution is 6.32. The van der Waals surface area contributed by atoms with Crippen LogP contribution in [0.5, 0.6) is 11.5 Å². The Bertz CT molecular complexity index is 619. The molecular formula is C18H25ClN2O3. The van der Waals surface area contributed by atoms with Crippen molar-refractivity contribution in [2.24, 2.45) is 11.7 Å². The molecule has 1 aliphatic carbocycles. The van der Waals surface area contributed by atoms with Gasteiger partial charge in [-0.25, -0.2) is 0 Å². The fraction of sp³-hybridized carbons (Fsp3) is 0.611. The third kappa shape index (κ3) is 3.78. The van der Waals surface area contributed by atoms with Gasteiger partial charge < -0.3 is 20.5 Å². The molecule has 2 atom stereocenters. The van der Waals surface area contributed by atoms with Gasteiger partial charge in [-0.3, -0.25) is 4.79 Å². The van der Waals surface area contributed by atoms with Crippen LogP contribution in [0.1, 0.15) is 38.2 Å². The van der Waals surface area contributed by atoms with E-state index in [1.165, 1.54) is 0 Å². The number of rotatable bonds is 4. The summed E-state index contributed by atoms with van der Waals surface area (Å²) < 4.78 is 11.1. The SMILES string of the molecule is CC1(N)CCCCC1C(=O)NCCc1cc(Cl)c2c(c1)OCCO2. The molecule has 6 heteroatoms. The maximum atomic E-state index is 12.4. The topological polar surface area (TPSA) is 73.6 Å². The van der Waals surface area contributed by atoms with Crippen molar-refractivity contribution in [1.29, 1.82) is 0 Å². The van der Waals surface area contributed by atoms with Crippen LogP contribution in [-0.4, -0.2) is 31.2 Å². The molecule has 1 aliphatic heterocycles. The van der Waals surface area contributed by atoms with Crippen LogP contribution in [-0.2, 0) is 11.2 Å². The van der Waals surface area contributed by atoms with E-state index in [1.54, 1.807) is 0 Å². The molecule has 2 unspecified atom stereocenters. The van der Waals surface area contributed by atoms with E-state index >= 15 is 0 Å². The standard InChI is InChI=1S/C18H25ClN2O3/c1-18(20)6-3-2-4-13(18)17(22)21-7-5-12-10-14(19)16-15(11-12)23-8-9-24-16/h10-11,13H,2-9,20H2,1H3,(H,21,22). The molecule has 0 saturated heterocycles. The van der Waals surface area contributed by atoms with Gasteiger partial charge in [-0.15, -0.1) is 0 Å². The van der Waals surface area contributed by atoms with Crippen molar-refractivity contribution in [3.63, 3.8) is 0 Å². The molecule has 5 nitrogen and oxygen atoms in total. The Morgan fingerprint density at radius 2 is 2.17 bits per heavy atom. The molecule has 132 valence electrons. The lowest BCUT2D eigenvalue weighted by Gasteiger charge is -2.37. The van der Waals surface area contributed by atoms with Gasteiger partial charge in [0.2, 0.25) is 5.91 Å². The number of hydrogen-bond acceptors (Lipinski definition) is 4. The van der Waals surface area contributed by atoms with Crippen LogP contribution in [0.2, 0.25) is 5.02 Å². The minimum atomic E-state index is -0.400. The summed E-state index contributed by atoms with van der Waals surface area (Å²) in [4.78, 5) is 12.4. The molecule has 0 spiro atoms. The predicted molar refractivity (Wildman–Crippen MR) is 93.7 cm³/mol. The fourth-order valence-corrected chi connectivity index (χ4v) is 3.84. The lowest BCUT2D eigenvalue weighted by atomic mass is 9.74. The van der Waals surface area contributed by atoms with E-state index in [0.717, 1.165) is 31.2 Å². The van der Waals surface area contributed by atoms with Crippen LogP contribution in [0.4, 0.5) is 0 Å². The number of fused-ring (bicyclic) bond motifs is 1. The van der Waals surface area contributed by atoms with E-state index in [-0.39, 0.29) is 11.8 Å². The Balaban J connectivity index is 1.56. The van der Waals surface area contributed by atoms with Gasteiger partial charge in [0.25, 0.3) is 0 Å². The Hall–Kier alpha value is -1.46. The van der Waals surface area contributed by atoms with Crippen LogP contribution in [0, 0.1) is 5.92 Å². The molecule has 0 aromatic heterocycles. The van der Waals surface area contributed by atoms with Gasteiger partial charge in [0, 0.05) is 12.1 Å². The van der Waals surface area contributed by atoms with Crippen LogP contribution < -0.4 is 20.5 Å². The predicted octanol–water partition coefficient (Wildman–Crippen LogP) is 2.68. The number of ether oxygens (including phenoxy) is 2. The molecule has 3 N–H and O–H groups in total. The highest BCUT2D eigenvalue weighted by Crippen LogP contribution is 2.38. The van der Waals surface area contributed by atoms with Crippen molar-refractivity contribution in [3.05, 3.63) is 22.7 Å². The van der Waals surface area contributed by atoms with Crippen LogP contribution in [0.25, 0.3) is 0 Å². The Kier molecular flexibility index (Phi) is 5.21. The van der Waals surface area contributed by atoms with Gasteiger partial charge in [-0.05, 0) is 43.9 Å². The number of benzene rings is 1. The third-order valence-corrected chi connectivity index (χ3v) is 5.22. The van der Waals surface area contributed by atoms with E-state index in [2.05, 4.69) is 5.32 Å². The van der Waals surface area contributed by atoms with E-state index in [0.29, 0.717) is 42.7 Å². The maximum absolute atomic E-state index is 12.4. The first-order valence-electron chi connectivity index (χ1n) is 8.62. The molecular weight excluding hydrogens is 328 g/mol. The molecule has 0 radical (unpaired) electrons. The molecule has 1 saturated carbocycles. The number of halogens is 1. The normalized spacial score (nSPS) is 26.0. The Morgan fingerprint density at radius 3 is 2.96 bits per heavy atom. The van der Waals surface area contributed by atoms with Gasteiger partial charge in [0.15, 0.2) is 11.5 Å². The average molecular weight is 353 g/mol. The molecule has 24 heavy (non-hydrogen) atoms. The van der Waals surface area contributed by atoms with E-state index < -0.39 is 5.54 Å². The van der Waals surface area contributed by atoms with Gasteiger partial charge in [0.05, 0.1) is 10.9 Å². The summed E-state index contributed by atoms with van der Waals surface area (Å²) in [5.74, 6) is 1.24. The minimum absolute atomic E-state index is 0.0586. The number of nitrogens with one attached hydrogen (secondary N) is 1. The summed E-state index contributed by atoms with van der Waals surface area (Å²) in [7, 11) is 0. The number of carbonyl (C=O) groups is 1. The minimum Gasteiger partial charge on any atom is -0.486 e. The van der Waals surface area contributed by atoms with Crippen molar-refractivity contribution in [1.82, 2.24) is 5.32 Å².